The van der Waals surface area contributed by atoms with Crippen LogP contribution in [0.3, 0.4) is 0 Å². The van der Waals surface area contributed by atoms with E-state index in [0.717, 1.165) is 0 Å². The van der Waals surface area contributed by atoms with Crippen LogP contribution >= 0.6 is 0 Å². The van der Waals surface area contributed by atoms with Gasteiger partial charge < -0.3 is 15.4 Å². The van der Waals surface area contributed by atoms with Crippen molar-refractivity contribution >= 4 is 6.09 Å². The number of hydrogen-bond donors (Lipinski definition) is 2. The van der Waals surface area contributed by atoms with Crippen LogP contribution in [-0.4, -0.2) is 31.3 Å². The van der Waals surface area contributed by atoms with E-state index in [1.54, 1.807) is 0 Å². The quantitative estimate of drug-likeness (QED) is 0.753. The van der Waals surface area contributed by atoms with Crippen LogP contribution in [0.15, 0.2) is 0 Å². The minimum absolute atomic E-state index is 0.275. The molecule has 0 aliphatic heterocycles. The minimum atomic E-state index is -0.433. The first-order chi connectivity index (χ1) is 6.76. The first-order valence-corrected chi connectivity index (χ1v) is 5.40. The number of amides is 1. The van der Waals surface area contributed by atoms with Crippen LogP contribution in [0.5, 0.6) is 0 Å². The van der Waals surface area contributed by atoms with Crippen molar-refractivity contribution in [3.8, 4) is 0 Å². The molecular weight excluding hydrogens is 192 g/mol. The number of carbonyl (C=O) groups is 1. The number of likely N-dealkylation sites (N-methyl/N-ethyl adjacent to an activating group) is 1. The van der Waals surface area contributed by atoms with Crippen LogP contribution in [0.4, 0.5) is 4.79 Å². The number of nitrogens with one attached hydrogen (secondary N) is 2. The SMILES string of the molecule is CNC(CNC(=O)OC(C)(C)C)C(C)C. The summed E-state index contributed by atoms with van der Waals surface area (Å²) in [4.78, 5) is 11.3. The average Bonchev–Trinajstić information content (AvgIpc) is 2.01. The Hall–Kier alpha value is -0.770. The van der Waals surface area contributed by atoms with Gasteiger partial charge in [0, 0.05) is 12.6 Å². The van der Waals surface area contributed by atoms with E-state index in [1.165, 1.54) is 0 Å². The van der Waals surface area contributed by atoms with E-state index >= 15 is 0 Å². The van der Waals surface area contributed by atoms with Gasteiger partial charge in [-0.3, -0.25) is 0 Å². The maximum Gasteiger partial charge on any atom is 0.407 e. The first-order valence-electron chi connectivity index (χ1n) is 5.40. The average molecular weight is 216 g/mol. The standard InChI is InChI=1S/C11H24N2O2/c1-8(2)9(12-6)7-13-10(14)15-11(3,4)5/h8-9,12H,7H2,1-6H3,(H,13,14). The lowest BCUT2D eigenvalue weighted by molar-refractivity contribution is 0.0520. The molecule has 0 aliphatic carbocycles. The summed E-state index contributed by atoms with van der Waals surface area (Å²) in [6.45, 7) is 10.4. The molecule has 2 N–H and O–H groups in total. The summed E-state index contributed by atoms with van der Waals surface area (Å²) in [6.07, 6.45) is -0.358. The van der Waals surface area contributed by atoms with Crippen LogP contribution in [-0.2, 0) is 4.74 Å². The van der Waals surface area contributed by atoms with Gasteiger partial charge in [0.1, 0.15) is 5.60 Å². The fraction of sp³-hybridized carbons (Fsp3) is 0.909. The van der Waals surface area contributed by atoms with E-state index in [-0.39, 0.29) is 12.1 Å². The van der Waals surface area contributed by atoms with Crippen molar-refractivity contribution in [3.05, 3.63) is 0 Å². The number of hydrogen-bond acceptors (Lipinski definition) is 3. The molecule has 0 aromatic heterocycles. The lowest BCUT2D eigenvalue weighted by atomic mass is 10.1. The normalized spacial score (nSPS) is 13.8. The molecule has 0 aromatic rings. The second-order valence-corrected chi connectivity index (χ2v) is 5.02. The Morgan fingerprint density at radius 2 is 1.87 bits per heavy atom. The largest absolute Gasteiger partial charge is 0.444 e. The zero-order valence-electron chi connectivity index (χ0n) is 10.7. The molecule has 4 heteroatoms. The molecular formula is C11H24N2O2. The smallest absolute Gasteiger partial charge is 0.407 e. The summed E-state index contributed by atoms with van der Waals surface area (Å²) in [5.74, 6) is 0.477. The van der Waals surface area contributed by atoms with Crippen LogP contribution in [0.1, 0.15) is 34.6 Å². The maximum absolute atomic E-state index is 11.3. The Balaban J connectivity index is 3.89. The van der Waals surface area contributed by atoms with Crippen molar-refractivity contribution in [2.24, 2.45) is 5.92 Å². The van der Waals surface area contributed by atoms with E-state index in [1.807, 2.05) is 27.8 Å². The second kappa shape index (κ2) is 5.95. The number of rotatable bonds is 4. The van der Waals surface area contributed by atoms with Gasteiger partial charge in [0.05, 0.1) is 0 Å². The fourth-order valence-electron chi connectivity index (χ4n) is 1.18. The molecule has 4 nitrogen and oxygen atoms in total. The zero-order chi connectivity index (χ0) is 12.1. The summed E-state index contributed by atoms with van der Waals surface area (Å²) >= 11 is 0. The van der Waals surface area contributed by atoms with Crippen molar-refractivity contribution in [3.63, 3.8) is 0 Å². The molecule has 1 unspecified atom stereocenters. The van der Waals surface area contributed by atoms with Gasteiger partial charge >= 0.3 is 6.09 Å². The molecule has 0 radical (unpaired) electrons. The summed E-state index contributed by atoms with van der Waals surface area (Å²) in [6, 6.07) is 0.275. The van der Waals surface area contributed by atoms with Crippen molar-refractivity contribution in [2.45, 2.75) is 46.3 Å². The summed E-state index contributed by atoms with van der Waals surface area (Å²) in [5.41, 5.74) is -0.433. The van der Waals surface area contributed by atoms with Crippen molar-refractivity contribution < 1.29 is 9.53 Å². The molecule has 0 aromatic carbocycles. The number of carbonyl (C=O) groups excluding carboxylic acids is 1. The highest BCUT2D eigenvalue weighted by Gasteiger charge is 2.17. The number of alkyl carbamates (subject to hydrolysis) is 1. The summed E-state index contributed by atoms with van der Waals surface area (Å²) in [7, 11) is 1.89. The van der Waals surface area contributed by atoms with E-state index < -0.39 is 5.60 Å². The van der Waals surface area contributed by atoms with Gasteiger partial charge in [-0.2, -0.15) is 0 Å². The predicted molar refractivity (Wildman–Crippen MR) is 61.9 cm³/mol. The van der Waals surface area contributed by atoms with Crippen molar-refractivity contribution in [1.82, 2.24) is 10.6 Å². The van der Waals surface area contributed by atoms with Crippen LogP contribution in [0.2, 0.25) is 0 Å². The lowest BCUT2D eigenvalue weighted by Gasteiger charge is -2.23. The molecule has 1 amide bonds. The molecule has 0 heterocycles. The Bertz CT molecular complexity index is 197. The molecule has 0 fully saturated rings. The topological polar surface area (TPSA) is 50.4 Å². The van der Waals surface area contributed by atoms with Crippen molar-refractivity contribution in [2.75, 3.05) is 13.6 Å². The first kappa shape index (κ1) is 14.2. The summed E-state index contributed by atoms with van der Waals surface area (Å²) in [5, 5.41) is 5.90. The van der Waals surface area contributed by atoms with Gasteiger partial charge in [-0.15, -0.1) is 0 Å². The molecule has 0 spiro atoms. The molecule has 0 saturated heterocycles. The third-order valence-corrected chi connectivity index (χ3v) is 2.04. The van der Waals surface area contributed by atoms with Gasteiger partial charge in [0.25, 0.3) is 0 Å². The monoisotopic (exact) mass is 216 g/mol. The van der Waals surface area contributed by atoms with E-state index in [9.17, 15) is 4.79 Å². The second-order valence-electron chi connectivity index (χ2n) is 5.02. The van der Waals surface area contributed by atoms with Crippen LogP contribution < -0.4 is 10.6 Å². The molecule has 0 rings (SSSR count). The van der Waals surface area contributed by atoms with Gasteiger partial charge in [0.2, 0.25) is 0 Å². The van der Waals surface area contributed by atoms with E-state index in [2.05, 4.69) is 24.5 Å². The molecule has 0 bridgehead atoms. The van der Waals surface area contributed by atoms with Gasteiger partial charge in [-0.1, -0.05) is 13.8 Å². The zero-order valence-corrected chi connectivity index (χ0v) is 10.7. The van der Waals surface area contributed by atoms with E-state index in [4.69, 9.17) is 4.74 Å². The predicted octanol–water partition coefficient (Wildman–Crippen LogP) is 1.76. The van der Waals surface area contributed by atoms with Gasteiger partial charge in [-0.05, 0) is 33.7 Å². The highest BCUT2D eigenvalue weighted by atomic mass is 16.6. The van der Waals surface area contributed by atoms with E-state index in [0.29, 0.717) is 12.5 Å². The highest BCUT2D eigenvalue weighted by Crippen LogP contribution is 2.06. The Morgan fingerprint density at radius 3 is 2.20 bits per heavy atom. The van der Waals surface area contributed by atoms with Gasteiger partial charge in [0.15, 0.2) is 0 Å². The third kappa shape index (κ3) is 7.19. The molecule has 0 saturated carbocycles. The minimum Gasteiger partial charge on any atom is -0.444 e. The van der Waals surface area contributed by atoms with Gasteiger partial charge in [-0.25, -0.2) is 4.79 Å². The molecule has 15 heavy (non-hydrogen) atoms. The lowest BCUT2D eigenvalue weighted by Crippen LogP contribution is -2.44. The Kier molecular flexibility index (Phi) is 5.65. The van der Waals surface area contributed by atoms with Crippen LogP contribution in [0.25, 0.3) is 0 Å². The highest BCUT2D eigenvalue weighted by molar-refractivity contribution is 5.67. The Morgan fingerprint density at radius 1 is 1.33 bits per heavy atom. The summed E-state index contributed by atoms with van der Waals surface area (Å²) < 4.78 is 5.13. The fourth-order valence-corrected chi connectivity index (χ4v) is 1.18. The Labute approximate surface area is 92.8 Å². The molecule has 90 valence electrons. The third-order valence-electron chi connectivity index (χ3n) is 2.04. The molecule has 0 aliphatic rings. The van der Waals surface area contributed by atoms with Crippen molar-refractivity contribution in [1.29, 1.82) is 0 Å². The molecule has 1 atom stereocenters. The van der Waals surface area contributed by atoms with Crippen LogP contribution in [0, 0.1) is 5.92 Å². The maximum atomic E-state index is 11.3. The number of ether oxygens (including phenoxy) is 1.